The average Bonchev–Trinajstić information content (AvgIpc) is 3.30. The van der Waals surface area contributed by atoms with Gasteiger partial charge in [0, 0.05) is 48.2 Å². The average molecular weight is 585 g/mol. The van der Waals surface area contributed by atoms with Gasteiger partial charge in [-0.3, -0.25) is 4.90 Å². The van der Waals surface area contributed by atoms with Crippen molar-refractivity contribution in [1.82, 2.24) is 10.2 Å². The number of rotatable bonds is 9. The van der Waals surface area contributed by atoms with Gasteiger partial charge in [-0.1, -0.05) is 23.8 Å². The minimum atomic E-state index is -4.35. The van der Waals surface area contributed by atoms with Crippen molar-refractivity contribution >= 4 is 48.9 Å². The molecule has 212 valence electrons. The Morgan fingerprint density at radius 3 is 2.41 bits per heavy atom. The Balaban J connectivity index is 1.21. The summed E-state index contributed by atoms with van der Waals surface area (Å²) in [6.45, 7) is 6.28. The van der Waals surface area contributed by atoms with Crippen LogP contribution < -0.4 is 15.3 Å². The second-order valence-corrected chi connectivity index (χ2v) is 12.0. The molecule has 1 saturated heterocycles. The van der Waals surface area contributed by atoms with Gasteiger partial charge < -0.3 is 10.2 Å². The molecule has 1 N–H and O–H groups in total. The van der Waals surface area contributed by atoms with Crippen LogP contribution in [-0.4, -0.2) is 64.9 Å². The van der Waals surface area contributed by atoms with E-state index in [4.69, 9.17) is 4.28 Å². The summed E-state index contributed by atoms with van der Waals surface area (Å²) >= 11 is 1.33. The van der Waals surface area contributed by atoms with Crippen LogP contribution in [0.5, 0.6) is 0 Å². The highest BCUT2D eigenvalue weighted by molar-refractivity contribution is 7.86. The van der Waals surface area contributed by atoms with Crippen LogP contribution in [0.3, 0.4) is 0 Å². The van der Waals surface area contributed by atoms with Crippen LogP contribution in [0, 0.1) is 6.92 Å². The first-order valence-corrected chi connectivity index (χ1v) is 15.2. The molecule has 0 bridgehead atoms. The van der Waals surface area contributed by atoms with E-state index in [-0.39, 0.29) is 0 Å². The number of carbonyl (C=O) groups is 1. The Hall–Kier alpha value is -2.87. The molecule has 1 fully saturated rings. The zero-order valence-electron chi connectivity index (χ0n) is 21.7. The molecule has 1 aliphatic heterocycles. The molecule has 8 nitrogen and oxygen atoms in total. The van der Waals surface area contributed by atoms with E-state index in [0.29, 0.717) is 23.4 Å². The summed E-state index contributed by atoms with van der Waals surface area (Å²) in [6.07, 6.45) is -1.94. The van der Waals surface area contributed by atoms with E-state index in [1.54, 1.807) is 30.3 Å². The maximum absolute atomic E-state index is 13.0. The van der Waals surface area contributed by atoms with Gasteiger partial charge in [0.1, 0.15) is 0 Å². The molecule has 2 aromatic carbocycles. The molecular weight excluding hydrogens is 553 g/mol. The van der Waals surface area contributed by atoms with Crippen LogP contribution in [0.15, 0.2) is 47.8 Å². The summed E-state index contributed by atoms with van der Waals surface area (Å²) in [5.41, 5.74) is 1.61. The van der Waals surface area contributed by atoms with Crippen molar-refractivity contribution < 1.29 is 30.7 Å². The molecule has 0 atom stereocenters. The maximum Gasteiger partial charge on any atom is 0.416 e. The number of carbonyl (C=O) groups excluding carboxylic acids is 1. The van der Waals surface area contributed by atoms with Gasteiger partial charge in [0.25, 0.3) is 10.1 Å². The molecule has 1 aromatic heterocycles. The SMILES string of the molecule is Cc1ccc(N(OS(C)(=O)=O)C(=O)NCCCCN2CCN(c3csc4cc(C(F)(F)F)ccc34)CC2)cc1. The van der Waals surface area contributed by atoms with Gasteiger partial charge >= 0.3 is 12.2 Å². The van der Waals surface area contributed by atoms with Crippen LogP contribution in [-0.2, 0) is 20.6 Å². The number of thiophene rings is 1. The fraction of sp³-hybridized carbons (Fsp3) is 0.423. The summed E-state index contributed by atoms with van der Waals surface area (Å²) in [7, 11) is -3.91. The molecule has 39 heavy (non-hydrogen) atoms. The van der Waals surface area contributed by atoms with Gasteiger partial charge in [-0.05, 0) is 50.6 Å². The number of nitrogens with one attached hydrogen (secondary N) is 1. The molecule has 0 aliphatic carbocycles. The lowest BCUT2D eigenvalue weighted by atomic mass is 10.1. The number of amides is 2. The number of fused-ring (bicyclic) bond motifs is 1. The van der Waals surface area contributed by atoms with Crippen LogP contribution in [0.1, 0.15) is 24.0 Å². The molecular formula is C26H31F3N4O4S2. The highest BCUT2D eigenvalue weighted by Crippen LogP contribution is 2.38. The zero-order chi connectivity index (χ0) is 28.2. The molecule has 0 radical (unpaired) electrons. The molecule has 0 unspecified atom stereocenters. The van der Waals surface area contributed by atoms with Crippen LogP contribution in [0.25, 0.3) is 10.1 Å². The van der Waals surface area contributed by atoms with Crippen molar-refractivity contribution in [1.29, 1.82) is 0 Å². The Morgan fingerprint density at radius 2 is 1.77 bits per heavy atom. The van der Waals surface area contributed by atoms with Gasteiger partial charge in [0.05, 0.1) is 23.2 Å². The quantitative estimate of drug-likeness (QED) is 0.274. The number of benzene rings is 2. The molecule has 4 rings (SSSR count). The van der Waals surface area contributed by atoms with Crippen molar-refractivity contribution in [3.05, 3.63) is 59.0 Å². The van der Waals surface area contributed by atoms with Crippen molar-refractivity contribution in [2.45, 2.75) is 25.9 Å². The van der Waals surface area contributed by atoms with Gasteiger partial charge in [0.15, 0.2) is 0 Å². The number of unbranched alkanes of at least 4 members (excludes halogenated alkanes) is 1. The van der Waals surface area contributed by atoms with Crippen LogP contribution >= 0.6 is 11.3 Å². The van der Waals surface area contributed by atoms with E-state index < -0.39 is 27.9 Å². The van der Waals surface area contributed by atoms with Crippen molar-refractivity contribution in [2.24, 2.45) is 0 Å². The zero-order valence-corrected chi connectivity index (χ0v) is 23.3. The Bertz CT molecular complexity index is 1390. The first-order valence-electron chi connectivity index (χ1n) is 12.5. The first kappa shape index (κ1) is 29.1. The third kappa shape index (κ3) is 7.84. The number of hydrogen-bond donors (Lipinski definition) is 1. The molecule has 3 aromatic rings. The van der Waals surface area contributed by atoms with Crippen molar-refractivity contribution in [3.8, 4) is 0 Å². The lowest BCUT2D eigenvalue weighted by Crippen LogP contribution is -2.46. The largest absolute Gasteiger partial charge is 0.416 e. The van der Waals surface area contributed by atoms with E-state index in [1.165, 1.54) is 17.4 Å². The smallest absolute Gasteiger partial charge is 0.368 e. The predicted octanol–water partition coefficient (Wildman–Crippen LogP) is 5.24. The number of hydroxylamine groups is 1. The highest BCUT2D eigenvalue weighted by atomic mass is 32.2. The maximum atomic E-state index is 13.0. The molecule has 1 aliphatic rings. The fourth-order valence-electron chi connectivity index (χ4n) is 4.39. The normalized spacial score (nSPS) is 15.1. The van der Waals surface area contributed by atoms with Crippen molar-refractivity contribution in [3.63, 3.8) is 0 Å². The number of anilines is 2. The third-order valence-electron chi connectivity index (χ3n) is 6.44. The number of alkyl halides is 3. The number of halogens is 3. The number of aryl methyl sites for hydroxylation is 1. The third-order valence-corrected chi connectivity index (χ3v) is 7.79. The number of hydrogen-bond acceptors (Lipinski definition) is 7. The first-order chi connectivity index (χ1) is 18.4. The minimum absolute atomic E-state index is 0.306. The van der Waals surface area contributed by atoms with Crippen molar-refractivity contribution in [2.75, 3.05) is 55.5 Å². The Kier molecular flexibility index (Phi) is 9.04. The molecule has 0 saturated carbocycles. The summed E-state index contributed by atoms with van der Waals surface area (Å²) in [5, 5.41) is 6.23. The number of piperazine rings is 1. The fourth-order valence-corrected chi connectivity index (χ4v) is 5.82. The topological polar surface area (TPSA) is 82.2 Å². The predicted molar refractivity (Wildman–Crippen MR) is 148 cm³/mol. The van der Waals surface area contributed by atoms with E-state index in [1.807, 2.05) is 12.3 Å². The molecule has 2 heterocycles. The van der Waals surface area contributed by atoms with E-state index in [2.05, 4.69) is 15.1 Å². The lowest BCUT2D eigenvalue weighted by Gasteiger charge is -2.36. The number of urea groups is 1. The molecule has 2 amide bonds. The van der Waals surface area contributed by atoms with Crippen LogP contribution in [0.4, 0.5) is 29.3 Å². The summed E-state index contributed by atoms with van der Waals surface area (Å²) in [5.74, 6) is 0. The summed E-state index contributed by atoms with van der Waals surface area (Å²) < 4.78 is 67.9. The Morgan fingerprint density at radius 1 is 1.08 bits per heavy atom. The molecule has 0 spiro atoms. The lowest BCUT2D eigenvalue weighted by molar-refractivity contribution is -0.137. The van der Waals surface area contributed by atoms with E-state index in [0.717, 1.165) is 73.2 Å². The minimum Gasteiger partial charge on any atom is -0.368 e. The second-order valence-electron chi connectivity index (χ2n) is 9.51. The molecule has 13 heteroatoms. The summed E-state index contributed by atoms with van der Waals surface area (Å²) in [6, 6.07) is 9.98. The second kappa shape index (κ2) is 12.1. The van der Waals surface area contributed by atoms with Gasteiger partial charge in [-0.25, -0.2) is 4.79 Å². The summed E-state index contributed by atoms with van der Waals surface area (Å²) in [4.78, 5) is 17.2. The monoisotopic (exact) mass is 584 g/mol. The van der Waals surface area contributed by atoms with E-state index >= 15 is 0 Å². The standard InChI is InChI=1S/C26H31F3N4O4S2/c1-19-5-8-21(9-6-19)33(37-39(2,35)36)25(34)30-11-3-4-12-31-13-15-32(16-14-31)23-18-38-24-17-20(26(27,28)29)7-10-22(23)24/h5-10,17-18H,3-4,11-16H2,1-2H3,(H,30,34). The number of nitrogens with zero attached hydrogens (tertiary/aromatic N) is 3. The van der Waals surface area contributed by atoms with E-state index in [9.17, 15) is 26.4 Å². The van der Waals surface area contributed by atoms with Crippen LogP contribution in [0.2, 0.25) is 0 Å². The Labute approximate surface area is 230 Å². The van der Waals surface area contributed by atoms with Gasteiger partial charge in [-0.2, -0.15) is 26.7 Å². The van der Waals surface area contributed by atoms with Gasteiger partial charge in [-0.15, -0.1) is 15.6 Å². The highest BCUT2D eigenvalue weighted by Gasteiger charge is 2.31. The van der Waals surface area contributed by atoms with Gasteiger partial charge in [0.2, 0.25) is 0 Å².